The largest absolute Gasteiger partial charge is 0.300 e. The Labute approximate surface area is 98.4 Å². The van der Waals surface area contributed by atoms with Gasteiger partial charge in [-0.25, -0.2) is 0 Å². The van der Waals surface area contributed by atoms with Crippen LogP contribution in [0.2, 0.25) is 0 Å². The van der Waals surface area contributed by atoms with Crippen molar-refractivity contribution >= 4 is 5.78 Å². The van der Waals surface area contributed by atoms with E-state index in [0.717, 1.165) is 25.7 Å². The molecular weight excluding hydrogens is 198 g/mol. The quantitative estimate of drug-likeness (QED) is 0.679. The highest BCUT2D eigenvalue weighted by Crippen LogP contribution is 2.35. The molecule has 3 atom stereocenters. The molecule has 16 heavy (non-hydrogen) atoms. The van der Waals surface area contributed by atoms with E-state index >= 15 is 0 Å². The molecule has 0 saturated carbocycles. The lowest BCUT2D eigenvalue weighted by Gasteiger charge is -2.49. The summed E-state index contributed by atoms with van der Waals surface area (Å²) in [6.07, 6.45) is 12.6. The predicted octanol–water partition coefficient (Wildman–Crippen LogP) is 2.37. The molecule has 2 heteroatoms. The standard InChI is InChI=1S/C14H21NO/c1-3-6-11(4-2)15-12-7-5-8-13(15)10-14(16)9-12/h1,11-13H,4-10H2,2H3. The molecule has 0 amide bonds. The van der Waals surface area contributed by atoms with Gasteiger partial charge in [0.25, 0.3) is 0 Å². The van der Waals surface area contributed by atoms with Gasteiger partial charge in [-0.3, -0.25) is 9.69 Å². The Bertz CT molecular complexity index is 288. The molecule has 2 bridgehead atoms. The van der Waals surface area contributed by atoms with Crippen molar-refractivity contribution in [2.75, 3.05) is 0 Å². The van der Waals surface area contributed by atoms with Crippen LogP contribution in [-0.4, -0.2) is 28.8 Å². The Morgan fingerprint density at radius 2 is 2.06 bits per heavy atom. The van der Waals surface area contributed by atoms with E-state index in [1.54, 1.807) is 0 Å². The number of hydrogen-bond acceptors (Lipinski definition) is 2. The minimum absolute atomic E-state index is 0.460. The molecule has 0 aliphatic carbocycles. The first-order valence-corrected chi connectivity index (χ1v) is 6.48. The third-order valence-electron chi connectivity index (χ3n) is 4.09. The van der Waals surface area contributed by atoms with Crippen LogP contribution in [-0.2, 0) is 4.79 Å². The van der Waals surface area contributed by atoms with Gasteiger partial charge in [-0.1, -0.05) is 13.3 Å². The van der Waals surface area contributed by atoms with Crippen molar-refractivity contribution in [3.05, 3.63) is 0 Å². The van der Waals surface area contributed by atoms with E-state index in [-0.39, 0.29) is 0 Å². The molecule has 0 aromatic carbocycles. The van der Waals surface area contributed by atoms with E-state index in [1.807, 2.05) is 0 Å². The van der Waals surface area contributed by atoms with Crippen molar-refractivity contribution in [3.63, 3.8) is 0 Å². The summed E-state index contributed by atoms with van der Waals surface area (Å²) in [7, 11) is 0. The zero-order chi connectivity index (χ0) is 11.5. The summed E-state index contributed by atoms with van der Waals surface area (Å²) < 4.78 is 0. The zero-order valence-corrected chi connectivity index (χ0v) is 10.1. The first kappa shape index (κ1) is 11.7. The summed E-state index contributed by atoms with van der Waals surface area (Å²) in [4.78, 5) is 14.2. The molecule has 0 aromatic rings. The first-order valence-electron chi connectivity index (χ1n) is 6.48. The number of nitrogens with zero attached hydrogens (tertiary/aromatic N) is 1. The van der Waals surface area contributed by atoms with E-state index in [0.29, 0.717) is 23.9 Å². The number of fused-ring (bicyclic) bond motifs is 2. The van der Waals surface area contributed by atoms with Crippen molar-refractivity contribution < 1.29 is 4.79 Å². The fraction of sp³-hybridized carbons (Fsp3) is 0.786. The Morgan fingerprint density at radius 3 is 2.56 bits per heavy atom. The number of ketones is 1. The van der Waals surface area contributed by atoms with E-state index in [2.05, 4.69) is 17.7 Å². The van der Waals surface area contributed by atoms with Gasteiger partial charge in [0.1, 0.15) is 5.78 Å². The Morgan fingerprint density at radius 1 is 1.44 bits per heavy atom. The van der Waals surface area contributed by atoms with Crippen molar-refractivity contribution in [3.8, 4) is 12.3 Å². The van der Waals surface area contributed by atoms with Crippen molar-refractivity contribution in [1.82, 2.24) is 4.90 Å². The van der Waals surface area contributed by atoms with Crippen molar-refractivity contribution in [2.45, 2.75) is 70.0 Å². The number of carbonyl (C=O) groups is 1. The number of Topliss-reactive ketones (excluding diaryl/α,β-unsaturated/α-hetero) is 1. The van der Waals surface area contributed by atoms with Gasteiger partial charge in [0.15, 0.2) is 0 Å². The normalized spacial score (nSPS) is 32.1. The molecule has 88 valence electrons. The van der Waals surface area contributed by atoms with E-state index in [9.17, 15) is 4.79 Å². The number of terminal acetylenes is 1. The molecule has 2 heterocycles. The molecule has 0 radical (unpaired) electrons. The van der Waals surface area contributed by atoms with E-state index in [4.69, 9.17) is 6.42 Å². The molecule has 0 spiro atoms. The highest BCUT2D eigenvalue weighted by molar-refractivity contribution is 5.80. The summed E-state index contributed by atoms with van der Waals surface area (Å²) in [6, 6.07) is 1.46. The van der Waals surface area contributed by atoms with Crippen LogP contribution in [0.4, 0.5) is 0 Å². The first-order chi connectivity index (χ1) is 7.76. The van der Waals surface area contributed by atoms with Gasteiger partial charge in [-0.2, -0.15) is 0 Å². The maximum Gasteiger partial charge on any atom is 0.136 e. The molecule has 2 nitrogen and oxygen atoms in total. The molecular formula is C14H21NO. The lowest BCUT2D eigenvalue weighted by atomic mass is 9.82. The lowest BCUT2D eigenvalue weighted by molar-refractivity contribution is -0.128. The molecule has 0 aromatic heterocycles. The second kappa shape index (κ2) is 5.01. The summed E-state index contributed by atoms with van der Waals surface area (Å²) in [6.45, 7) is 2.20. The molecule has 2 aliphatic heterocycles. The van der Waals surface area contributed by atoms with Crippen molar-refractivity contribution in [2.24, 2.45) is 0 Å². The van der Waals surface area contributed by atoms with Gasteiger partial charge in [-0.05, 0) is 19.3 Å². The Kier molecular flexibility index (Phi) is 3.66. The maximum atomic E-state index is 11.6. The molecule has 3 unspecified atom stereocenters. The number of hydrogen-bond donors (Lipinski definition) is 0. The zero-order valence-electron chi connectivity index (χ0n) is 10.1. The SMILES string of the molecule is C#CCC(CC)N1C2CCCC1CC(=O)C2. The Hall–Kier alpha value is -0.810. The monoisotopic (exact) mass is 219 g/mol. The molecule has 2 rings (SSSR count). The van der Waals surface area contributed by atoms with Crippen LogP contribution in [0.1, 0.15) is 51.9 Å². The smallest absolute Gasteiger partial charge is 0.136 e. The molecule has 0 N–H and O–H groups in total. The van der Waals surface area contributed by atoms with Gasteiger partial charge in [0.2, 0.25) is 0 Å². The average molecular weight is 219 g/mol. The minimum Gasteiger partial charge on any atom is -0.300 e. The second-order valence-electron chi connectivity index (χ2n) is 5.10. The average Bonchev–Trinajstić information content (AvgIpc) is 2.25. The van der Waals surface area contributed by atoms with Crippen LogP contribution in [0, 0.1) is 12.3 Å². The van der Waals surface area contributed by atoms with Crippen LogP contribution in [0.15, 0.2) is 0 Å². The summed E-state index contributed by atoms with van der Waals surface area (Å²) in [5.41, 5.74) is 0. The van der Waals surface area contributed by atoms with Gasteiger partial charge < -0.3 is 0 Å². The summed E-state index contributed by atoms with van der Waals surface area (Å²) >= 11 is 0. The predicted molar refractivity (Wildman–Crippen MR) is 65.0 cm³/mol. The van der Waals surface area contributed by atoms with Gasteiger partial charge in [-0.15, -0.1) is 12.3 Å². The van der Waals surface area contributed by atoms with E-state index in [1.165, 1.54) is 19.3 Å². The number of carbonyl (C=O) groups excluding carboxylic acids is 1. The summed E-state index contributed by atoms with van der Waals surface area (Å²) in [5, 5.41) is 0. The maximum absolute atomic E-state index is 11.6. The van der Waals surface area contributed by atoms with Gasteiger partial charge >= 0.3 is 0 Å². The third-order valence-corrected chi connectivity index (χ3v) is 4.09. The van der Waals surface area contributed by atoms with Gasteiger partial charge in [0.05, 0.1) is 0 Å². The van der Waals surface area contributed by atoms with Gasteiger partial charge in [0, 0.05) is 37.4 Å². The third kappa shape index (κ3) is 2.15. The second-order valence-corrected chi connectivity index (χ2v) is 5.10. The number of piperidine rings is 2. The fourth-order valence-corrected chi connectivity index (χ4v) is 3.40. The molecule has 2 saturated heterocycles. The van der Waals surface area contributed by atoms with Crippen LogP contribution in [0.25, 0.3) is 0 Å². The van der Waals surface area contributed by atoms with Crippen LogP contribution < -0.4 is 0 Å². The molecule has 2 fully saturated rings. The van der Waals surface area contributed by atoms with Crippen LogP contribution >= 0.6 is 0 Å². The minimum atomic E-state index is 0.460. The highest BCUT2D eigenvalue weighted by atomic mass is 16.1. The Balaban J connectivity index is 2.13. The molecule has 2 aliphatic rings. The fourth-order valence-electron chi connectivity index (χ4n) is 3.40. The van der Waals surface area contributed by atoms with E-state index < -0.39 is 0 Å². The number of rotatable bonds is 3. The van der Waals surface area contributed by atoms with Crippen LogP contribution in [0.5, 0.6) is 0 Å². The lowest BCUT2D eigenvalue weighted by Crippen LogP contribution is -2.56. The van der Waals surface area contributed by atoms with Crippen LogP contribution in [0.3, 0.4) is 0 Å². The summed E-state index contributed by atoms with van der Waals surface area (Å²) in [5.74, 6) is 3.25. The van der Waals surface area contributed by atoms with Crippen molar-refractivity contribution in [1.29, 1.82) is 0 Å². The highest BCUT2D eigenvalue weighted by Gasteiger charge is 2.40. The topological polar surface area (TPSA) is 20.3 Å².